The molecular formula is C18H21N5O5. The van der Waals surface area contributed by atoms with Crippen LogP contribution in [0.25, 0.3) is 11.2 Å². The minimum absolute atomic E-state index is 0.190. The van der Waals surface area contributed by atoms with Crippen LogP contribution in [0, 0.1) is 6.92 Å². The number of nitrogens with one attached hydrogen (secondary N) is 1. The molecule has 0 aliphatic carbocycles. The maximum atomic E-state index is 10.3. The number of aromatic nitrogens is 4. The second-order valence-corrected chi connectivity index (χ2v) is 6.70. The number of nitrogens with zero attached hydrogens (tertiary/aromatic N) is 4. The predicted molar refractivity (Wildman–Crippen MR) is 98.5 cm³/mol. The van der Waals surface area contributed by atoms with Crippen molar-refractivity contribution in [3.63, 3.8) is 0 Å². The van der Waals surface area contributed by atoms with Crippen molar-refractivity contribution in [3.05, 3.63) is 42.0 Å². The molecular weight excluding hydrogens is 366 g/mol. The first-order valence-corrected chi connectivity index (χ1v) is 8.82. The predicted octanol–water partition coefficient (Wildman–Crippen LogP) is 0.0639. The number of aliphatic hydroxyl groups is 3. The van der Waals surface area contributed by atoms with Gasteiger partial charge in [-0.3, -0.25) is 4.57 Å². The Kier molecular flexibility index (Phi) is 4.85. The Balaban J connectivity index is 1.62. The highest BCUT2D eigenvalue weighted by Crippen LogP contribution is 2.32. The third kappa shape index (κ3) is 3.06. The van der Waals surface area contributed by atoms with Crippen LogP contribution in [0.4, 0.5) is 5.82 Å². The summed E-state index contributed by atoms with van der Waals surface area (Å²) in [6.45, 7) is 1.83. The molecule has 0 amide bonds. The molecule has 10 heteroatoms. The maximum absolute atomic E-state index is 10.3. The molecule has 4 rings (SSSR count). The minimum Gasteiger partial charge on any atom is -0.508 e. The Morgan fingerprint density at radius 1 is 1.18 bits per heavy atom. The molecule has 1 aliphatic heterocycles. The van der Waals surface area contributed by atoms with E-state index in [1.54, 1.807) is 12.1 Å². The zero-order valence-corrected chi connectivity index (χ0v) is 15.1. The smallest absolute Gasteiger partial charge is 0.167 e. The van der Waals surface area contributed by atoms with Crippen molar-refractivity contribution in [3.8, 4) is 5.75 Å². The number of hydrogen-bond donors (Lipinski definition) is 5. The number of benzene rings is 1. The van der Waals surface area contributed by atoms with Crippen LogP contribution in [0.3, 0.4) is 0 Å². The first-order chi connectivity index (χ1) is 13.5. The van der Waals surface area contributed by atoms with Gasteiger partial charge in [-0.05, 0) is 18.6 Å². The second kappa shape index (κ2) is 7.32. The van der Waals surface area contributed by atoms with Crippen molar-refractivity contribution in [2.45, 2.75) is 38.0 Å². The van der Waals surface area contributed by atoms with Crippen LogP contribution in [0.2, 0.25) is 0 Å². The molecule has 1 fully saturated rings. The van der Waals surface area contributed by atoms with E-state index >= 15 is 0 Å². The number of aromatic hydroxyl groups is 1. The minimum atomic E-state index is -1.23. The number of aliphatic hydroxyl groups excluding tert-OH is 3. The third-order valence-corrected chi connectivity index (χ3v) is 4.97. The highest BCUT2D eigenvalue weighted by Gasteiger charge is 2.44. The van der Waals surface area contributed by atoms with Crippen LogP contribution in [0.1, 0.15) is 17.4 Å². The number of aryl methyl sites for hydroxylation is 1. The fourth-order valence-corrected chi connectivity index (χ4v) is 3.37. The van der Waals surface area contributed by atoms with E-state index in [4.69, 9.17) is 4.74 Å². The van der Waals surface area contributed by atoms with E-state index in [-0.39, 0.29) is 5.75 Å². The number of ether oxygens (including phenoxy) is 1. The lowest BCUT2D eigenvalue weighted by Crippen LogP contribution is -2.33. The summed E-state index contributed by atoms with van der Waals surface area (Å²) in [5, 5.41) is 42.7. The Morgan fingerprint density at radius 3 is 2.71 bits per heavy atom. The van der Waals surface area contributed by atoms with Crippen molar-refractivity contribution in [1.82, 2.24) is 19.5 Å². The lowest BCUT2D eigenvalue weighted by molar-refractivity contribution is -0.0511. The SMILES string of the molecule is Cc1cccc(O)c1CNc1ncnc2c1ncn2[C@@H]1O[C@H](CO)[C@@H](O)[C@H]1O. The number of phenolic OH excluding ortho intramolecular Hbond substituents is 1. The van der Waals surface area contributed by atoms with Crippen LogP contribution in [0.15, 0.2) is 30.9 Å². The van der Waals surface area contributed by atoms with Gasteiger partial charge < -0.3 is 30.5 Å². The maximum Gasteiger partial charge on any atom is 0.167 e. The van der Waals surface area contributed by atoms with E-state index in [9.17, 15) is 20.4 Å². The fraction of sp³-hybridized carbons (Fsp3) is 0.389. The Morgan fingerprint density at radius 2 is 2.00 bits per heavy atom. The van der Waals surface area contributed by atoms with Gasteiger partial charge in [0.1, 0.15) is 30.4 Å². The van der Waals surface area contributed by atoms with E-state index in [0.29, 0.717) is 23.5 Å². The standard InChI is InChI=1S/C18H21N5O5/c1-9-3-2-4-11(25)10(9)5-19-16-13-17(21-7-20-16)23(8-22-13)18-15(27)14(26)12(6-24)28-18/h2-4,7-8,12,14-15,18,24-27H,5-6H2,1H3,(H,19,20,21)/t12-,14-,15-,18-/m1/s1. The van der Waals surface area contributed by atoms with Gasteiger partial charge in [0.25, 0.3) is 0 Å². The van der Waals surface area contributed by atoms with Gasteiger partial charge in [0.2, 0.25) is 0 Å². The van der Waals surface area contributed by atoms with Gasteiger partial charge in [-0.1, -0.05) is 12.1 Å². The molecule has 0 saturated carbocycles. The molecule has 3 heterocycles. The number of hydrogen-bond acceptors (Lipinski definition) is 9. The topological polar surface area (TPSA) is 146 Å². The molecule has 5 N–H and O–H groups in total. The molecule has 1 aromatic carbocycles. The van der Waals surface area contributed by atoms with Crippen molar-refractivity contribution in [2.24, 2.45) is 0 Å². The first kappa shape index (κ1) is 18.6. The van der Waals surface area contributed by atoms with Gasteiger partial charge in [0, 0.05) is 12.1 Å². The normalized spacial score (nSPS) is 24.7. The molecule has 1 saturated heterocycles. The zero-order chi connectivity index (χ0) is 19.8. The number of fused-ring (bicyclic) bond motifs is 1. The zero-order valence-electron chi connectivity index (χ0n) is 15.1. The molecule has 0 spiro atoms. The van der Waals surface area contributed by atoms with Crippen LogP contribution in [-0.2, 0) is 11.3 Å². The summed E-state index contributed by atoms with van der Waals surface area (Å²) in [5.41, 5.74) is 2.54. The van der Waals surface area contributed by atoms with Crippen LogP contribution in [0.5, 0.6) is 5.75 Å². The van der Waals surface area contributed by atoms with E-state index in [0.717, 1.165) is 11.1 Å². The summed E-state index contributed by atoms with van der Waals surface area (Å²) in [6.07, 6.45) is -1.47. The van der Waals surface area contributed by atoms with E-state index in [1.807, 2.05) is 13.0 Å². The quantitative estimate of drug-likeness (QED) is 0.410. The van der Waals surface area contributed by atoms with Crippen molar-refractivity contribution < 1.29 is 25.2 Å². The molecule has 0 radical (unpaired) electrons. The van der Waals surface area contributed by atoms with E-state index in [2.05, 4.69) is 20.3 Å². The van der Waals surface area contributed by atoms with Gasteiger partial charge in [-0.25, -0.2) is 15.0 Å². The van der Waals surface area contributed by atoms with E-state index < -0.39 is 31.1 Å². The Labute approximate surface area is 160 Å². The molecule has 0 bridgehead atoms. The summed E-state index contributed by atoms with van der Waals surface area (Å²) >= 11 is 0. The van der Waals surface area contributed by atoms with Crippen molar-refractivity contribution in [1.29, 1.82) is 0 Å². The largest absolute Gasteiger partial charge is 0.508 e. The van der Waals surface area contributed by atoms with Gasteiger partial charge in [-0.15, -0.1) is 0 Å². The summed E-state index contributed by atoms with van der Waals surface area (Å²) in [4.78, 5) is 12.7. The molecule has 28 heavy (non-hydrogen) atoms. The molecule has 10 nitrogen and oxygen atoms in total. The average molecular weight is 387 g/mol. The van der Waals surface area contributed by atoms with Crippen LogP contribution in [-0.4, -0.2) is 64.9 Å². The number of imidazole rings is 1. The van der Waals surface area contributed by atoms with Crippen LogP contribution < -0.4 is 5.32 Å². The Bertz CT molecular complexity index is 973. The summed E-state index contributed by atoms with van der Waals surface area (Å²) in [5.74, 6) is 0.646. The van der Waals surface area contributed by atoms with E-state index in [1.165, 1.54) is 17.2 Å². The first-order valence-electron chi connectivity index (χ1n) is 8.82. The van der Waals surface area contributed by atoms with Gasteiger partial charge >= 0.3 is 0 Å². The molecule has 0 unspecified atom stereocenters. The van der Waals surface area contributed by atoms with Crippen molar-refractivity contribution >= 4 is 17.0 Å². The fourth-order valence-electron chi connectivity index (χ4n) is 3.37. The molecule has 1 aliphatic rings. The van der Waals surface area contributed by atoms with Gasteiger partial charge in [-0.2, -0.15) is 0 Å². The van der Waals surface area contributed by atoms with Crippen molar-refractivity contribution in [2.75, 3.05) is 11.9 Å². The monoisotopic (exact) mass is 387 g/mol. The lowest BCUT2D eigenvalue weighted by atomic mass is 10.1. The highest BCUT2D eigenvalue weighted by molar-refractivity contribution is 5.82. The summed E-state index contributed by atoms with van der Waals surface area (Å²) < 4.78 is 7.04. The second-order valence-electron chi connectivity index (χ2n) is 6.70. The van der Waals surface area contributed by atoms with Gasteiger partial charge in [0.15, 0.2) is 23.2 Å². The lowest BCUT2D eigenvalue weighted by Gasteiger charge is -2.16. The van der Waals surface area contributed by atoms with Crippen LogP contribution >= 0.6 is 0 Å². The number of phenols is 1. The Hall–Kier alpha value is -2.79. The third-order valence-electron chi connectivity index (χ3n) is 4.97. The summed E-state index contributed by atoms with van der Waals surface area (Å²) in [7, 11) is 0. The van der Waals surface area contributed by atoms with Gasteiger partial charge in [0.05, 0.1) is 12.9 Å². The molecule has 3 aromatic rings. The summed E-state index contributed by atoms with van der Waals surface area (Å²) in [6, 6.07) is 5.30. The average Bonchev–Trinajstić information content (AvgIpc) is 3.23. The highest BCUT2D eigenvalue weighted by atomic mass is 16.6. The molecule has 2 aromatic heterocycles. The number of anilines is 1. The molecule has 148 valence electrons. The number of rotatable bonds is 5. The molecule has 4 atom stereocenters.